The number of aromatic nitrogens is 3. The van der Waals surface area contributed by atoms with Crippen molar-refractivity contribution >= 4 is 12.0 Å². The van der Waals surface area contributed by atoms with Gasteiger partial charge in [-0.2, -0.15) is 5.10 Å². The summed E-state index contributed by atoms with van der Waals surface area (Å²) in [5.41, 5.74) is 6.58. The number of para-hydroxylation sites is 2. The van der Waals surface area contributed by atoms with Crippen LogP contribution in [-0.4, -0.2) is 20.6 Å². The van der Waals surface area contributed by atoms with Gasteiger partial charge in [-0.05, 0) is 51.1 Å². The number of aryl methyl sites for hydroxylation is 2. The molecule has 0 saturated heterocycles. The third kappa shape index (κ3) is 3.34. The molecule has 0 aliphatic heterocycles. The van der Waals surface area contributed by atoms with Crippen molar-refractivity contribution in [3.8, 4) is 11.4 Å². The number of benzene rings is 2. The minimum absolute atomic E-state index is 0.822. The van der Waals surface area contributed by atoms with Crippen LogP contribution in [-0.2, 0) is 0 Å². The fourth-order valence-electron chi connectivity index (χ4n) is 3.37. The van der Waals surface area contributed by atoms with Crippen molar-refractivity contribution in [1.82, 2.24) is 14.3 Å². The Hall–Kier alpha value is -3.40. The molecule has 0 unspecified atom stereocenters. The van der Waals surface area contributed by atoms with Gasteiger partial charge in [-0.25, -0.2) is 9.67 Å². The molecule has 2 aromatic heterocycles. The minimum atomic E-state index is 0.822. The van der Waals surface area contributed by atoms with Crippen LogP contribution >= 0.6 is 0 Å². The van der Waals surface area contributed by atoms with E-state index < -0.39 is 0 Å². The van der Waals surface area contributed by atoms with Crippen LogP contribution in [0.4, 0.5) is 5.82 Å². The van der Waals surface area contributed by atoms with Crippen molar-refractivity contribution in [3.63, 3.8) is 0 Å². The standard InChI is InChI=1S/C23H22N4/c1-17-14-23(27(25-17)22-12-8-5-9-13-22)24-16-20-15-18(2)26(19(20)3)21-10-6-4-7-11-21/h4-16H,1-3H3/b24-16+. The first-order valence-corrected chi connectivity index (χ1v) is 9.04. The first kappa shape index (κ1) is 17.0. The van der Waals surface area contributed by atoms with E-state index in [0.29, 0.717) is 0 Å². The summed E-state index contributed by atoms with van der Waals surface area (Å²) in [6, 6.07) is 24.6. The summed E-state index contributed by atoms with van der Waals surface area (Å²) in [6.45, 7) is 6.23. The summed E-state index contributed by atoms with van der Waals surface area (Å²) >= 11 is 0. The van der Waals surface area contributed by atoms with E-state index in [4.69, 9.17) is 4.99 Å². The Bertz CT molecular complexity index is 1090. The molecule has 4 nitrogen and oxygen atoms in total. The lowest BCUT2D eigenvalue weighted by molar-refractivity contribution is 0.863. The molecule has 0 saturated carbocycles. The molecule has 134 valence electrons. The van der Waals surface area contributed by atoms with Crippen LogP contribution in [0, 0.1) is 20.8 Å². The van der Waals surface area contributed by atoms with Crippen LogP contribution < -0.4 is 0 Å². The number of rotatable bonds is 4. The molecular formula is C23H22N4. The highest BCUT2D eigenvalue weighted by Gasteiger charge is 2.10. The van der Waals surface area contributed by atoms with E-state index in [0.717, 1.165) is 28.5 Å². The van der Waals surface area contributed by atoms with Crippen LogP contribution in [0.15, 0.2) is 77.8 Å². The zero-order chi connectivity index (χ0) is 18.8. The Labute approximate surface area is 159 Å². The lowest BCUT2D eigenvalue weighted by atomic mass is 10.2. The van der Waals surface area contributed by atoms with E-state index in [1.807, 2.05) is 60.3 Å². The molecule has 0 bridgehead atoms. The Balaban J connectivity index is 1.71. The van der Waals surface area contributed by atoms with E-state index >= 15 is 0 Å². The van der Waals surface area contributed by atoms with Crippen molar-refractivity contribution in [2.24, 2.45) is 4.99 Å². The Morgan fingerprint density at radius 1 is 0.815 bits per heavy atom. The fourth-order valence-corrected chi connectivity index (χ4v) is 3.37. The molecule has 0 radical (unpaired) electrons. The Morgan fingerprint density at radius 2 is 1.44 bits per heavy atom. The van der Waals surface area contributed by atoms with Crippen LogP contribution in [0.5, 0.6) is 0 Å². The van der Waals surface area contributed by atoms with Crippen molar-refractivity contribution in [2.75, 3.05) is 0 Å². The van der Waals surface area contributed by atoms with Crippen LogP contribution in [0.1, 0.15) is 22.6 Å². The SMILES string of the molecule is Cc1cc(/N=C/c2cc(C)n(-c3ccccc3)c2C)n(-c2ccccc2)n1. The van der Waals surface area contributed by atoms with Gasteiger partial charge in [0.05, 0.1) is 11.4 Å². The number of hydrogen-bond acceptors (Lipinski definition) is 2. The van der Waals surface area contributed by atoms with Gasteiger partial charge in [0.2, 0.25) is 0 Å². The zero-order valence-electron chi connectivity index (χ0n) is 15.8. The van der Waals surface area contributed by atoms with Crippen molar-refractivity contribution in [3.05, 3.63) is 95.4 Å². The number of hydrogen-bond donors (Lipinski definition) is 0. The van der Waals surface area contributed by atoms with E-state index in [1.165, 1.54) is 11.4 Å². The van der Waals surface area contributed by atoms with Crippen LogP contribution in [0.25, 0.3) is 11.4 Å². The fraction of sp³-hybridized carbons (Fsp3) is 0.130. The van der Waals surface area contributed by atoms with Crippen molar-refractivity contribution in [2.45, 2.75) is 20.8 Å². The molecule has 0 fully saturated rings. The molecule has 0 aliphatic rings. The summed E-state index contributed by atoms with van der Waals surface area (Å²) in [5.74, 6) is 0.822. The van der Waals surface area contributed by atoms with Crippen molar-refractivity contribution < 1.29 is 0 Å². The average molecular weight is 354 g/mol. The molecule has 4 aromatic rings. The van der Waals surface area contributed by atoms with Gasteiger partial charge >= 0.3 is 0 Å². The molecule has 27 heavy (non-hydrogen) atoms. The molecule has 0 spiro atoms. The molecule has 0 aliphatic carbocycles. The summed E-state index contributed by atoms with van der Waals surface area (Å²) < 4.78 is 4.13. The minimum Gasteiger partial charge on any atom is -0.318 e. The van der Waals surface area contributed by atoms with Gasteiger partial charge in [-0.15, -0.1) is 0 Å². The smallest absolute Gasteiger partial charge is 0.155 e. The van der Waals surface area contributed by atoms with Gasteiger partial charge in [-0.3, -0.25) is 0 Å². The Kier molecular flexibility index (Phi) is 4.47. The highest BCUT2D eigenvalue weighted by atomic mass is 15.3. The maximum Gasteiger partial charge on any atom is 0.155 e. The summed E-state index contributed by atoms with van der Waals surface area (Å²) in [4.78, 5) is 4.74. The molecule has 2 heterocycles. The van der Waals surface area contributed by atoms with Gasteiger partial charge < -0.3 is 4.57 Å². The molecule has 0 atom stereocenters. The van der Waals surface area contributed by atoms with Crippen LogP contribution in [0.3, 0.4) is 0 Å². The summed E-state index contributed by atoms with van der Waals surface area (Å²) in [5, 5.41) is 4.58. The molecule has 0 N–H and O–H groups in total. The first-order valence-electron chi connectivity index (χ1n) is 9.04. The van der Waals surface area contributed by atoms with Crippen LogP contribution in [0.2, 0.25) is 0 Å². The quantitative estimate of drug-likeness (QED) is 0.456. The normalized spacial score (nSPS) is 11.4. The topological polar surface area (TPSA) is 35.1 Å². The second kappa shape index (κ2) is 7.08. The molecule has 2 aromatic carbocycles. The zero-order valence-corrected chi connectivity index (χ0v) is 15.8. The lowest BCUT2D eigenvalue weighted by Crippen LogP contribution is -1.99. The molecule has 0 amide bonds. The van der Waals surface area contributed by atoms with Crippen molar-refractivity contribution in [1.29, 1.82) is 0 Å². The van der Waals surface area contributed by atoms with Gasteiger partial charge in [0.25, 0.3) is 0 Å². The monoisotopic (exact) mass is 354 g/mol. The van der Waals surface area contributed by atoms with Gasteiger partial charge in [0.1, 0.15) is 0 Å². The maximum atomic E-state index is 4.74. The lowest BCUT2D eigenvalue weighted by Gasteiger charge is -2.09. The van der Waals surface area contributed by atoms with E-state index in [2.05, 4.69) is 53.8 Å². The van der Waals surface area contributed by atoms with E-state index in [-0.39, 0.29) is 0 Å². The first-order chi connectivity index (χ1) is 13.1. The number of nitrogens with zero attached hydrogens (tertiary/aromatic N) is 4. The molecule has 4 heteroatoms. The largest absolute Gasteiger partial charge is 0.318 e. The number of aliphatic imine (C=N–C) groups is 1. The van der Waals surface area contributed by atoms with E-state index in [1.54, 1.807) is 0 Å². The second-order valence-corrected chi connectivity index (χ2v) is 6.65. The molecular weight excluding hydrogens is 332 g/mol. The van der Waals surface area contributed by atoms with E-state index in [9.17, 15) is 0 Å². The highest BCUT2D eigenvalue weighted by molar-refractivity contribution is 5.84. The van der Waals surface area contributed by atoms with Gasteiger partial charge in [0, 0.05) is 34.9 Å². The Morgan fingerprint density at radius 3 is 2.11 bits per heavy atom. The highest BCUT2D eigenvalue weighted by Crippen LogP contribution is 2.22. The van der Waals surface area contributed by atoms with Gasteiger partial charge in [0.15, 0.2) is 5.82 Å². The summed E-state index contributed by atoms with van der Waals surface area (Å²) in [6.07, 6.45) is 1.93. The average Bonchev–Trinajstić information content (AvgIpc) is 3.20. The predicted octanol–water partition coefficient (Wildman–Crippen LogP) is 5.34. The molecule has 4 rings (SSSR count). The predicted molar refractivity (Wildman–Crippen MR) is 111 cm³/mol. The summed E-state index contributed by atoms with van der Waals surface area (Å²) in [7, 11) is 0. The third-order valence-corrected chi connectivity index (χ3v) is 4.63. The second-order valence-electron chi connectivity index (χ2n) is 6.65. The maximum absolute atomic E-state index is 4.74. The van der Waals surface area contributed by atoms with Gasteiger partial charge in [-0.1, -0.05) is 36.4 Å². The third-order valence-electron chi connectivity index (χ3n) is 4.63.